The van der Waals surface area contributed by atoms with Crippen molar-refractivity contribution in [1.82, 2.24) is 10.2 Å². The fourth-order valence-corrected chi connectivity index (χ4v) is 2.77. The topological polar surface area (TPSA) is 105 Å². The minimum Gasteiger partial charge on any atom is -0.382 e. The molecule has 0 saturated carbocycles. The number of nitrogens with zero attached hydrogens (tertiary/aromatic N) is 1. The van der Waals surface area contributed by atoms with Crippen LogP contribution >= 0.6 is 0 Å². The lowest BCUT2D eigenvalue weighted by atomic mass is 10.0. The number of aldehydes is 2. The number of carbonyl (C=O) groups is 4. The van der Waals surface area contributed by atoms with Crippen molar-refractivity contribution in [2.24, 2.45) is 0 Å². The van der Waals surface area contributed by atoms with Gasteiger partial charge in [-0.2, -0.15) is 0 Å². The van der Waals surface area contributed by atoms with Gasteiger partial charge in [0.2, 0.25) is 5.91 Å². The van der Waals surface area contributed by atoms with E-state index in [-0.39, 0.29) is 29.9 Å². The first-order valence-electron chi connectivity index (χ1n) is 10.3. The summed E-state index contributed by atoms with van der Waals surface area (Å²) < 4.78 is 5.42. The van der Waals surface area contributed by atoms with Gasteiger partial charge in [0, 0.05) is 44.9 Å². The van der Waals surface area contributed by atoms with E-state index in [0.29, 0.717) is 38.0 Å². The predicted molar refractivity (Wildman–Crippen MR) is 118 cm³/mol. The average Bonchev–Trinajstić information content (AvgIpc) is 2.79. The Bertz CT molecular complexity index is 679. The number of hydrogen-bond donors (Lipinski definition) is 2. The van der Waals surface area contributed by atoms with Crippen LogP contribution in [-0.2, 0) is 14.3 Å². The Morgan fingerprint density at radius 1 is 1.20 bits per heavy atom. The molecule has 8 nitrogen and oxygen atoms in total. The van der Waals surface area contributed by atoms with Crippen molar-refractivity contribution in [1.29, 1.82) is 0 Å². The number of nitrogens with one attached hydrogen (secondary N) is 2. The van der Waals surface area contributed by atoms with Crippen LogP contribution in [0.15, 0.2) is 18.2 Å². The first kappa shape index (κ1) is 27.3. The summed E-state index contributed by atoms with van der Waals surface area (Å²) in [4.78, 5) is 48.8. The molecule has 2 amide bonds. The Morgan fingerprint density at radius 3 is 2.47 bits per heavy atom. The Labute approximate surface area is 179 Å². The van der Waals surface area contributed by atoms with Gasteiger partial charge in [0.1, 0.15) is 12.3 Å². The zero-order chi connectivity index (χ0) is 22.9. The normalized spacial score (nSPS) is 10.8. The highest BCUT2D eigenvalue weighted by Crippen LogP contribution is 2.22. The maximum atomic E-state index is 13.1. The third-order valence-electron chi connectivity index (χ3n) is 4.24. The molecule has 2 N–H and O–H groups in total. The number of carbonyl (C=O) groups excluding carboxylic acids is 4. The molecule has 8 heteroatoms. The van der Waals surface area contributed by atoms with Crippen molar-refractivity contribution >= 4 is 30.1 Å². The highest BCUT2D eigenvalue weighted by molar-refractivity contribution is 6.07. The lowest BCUT2D eigenvalue weighted by Crippen LogP contribution is -2.47. The molecule has 0 aromatic heterocycles. The summed E-state index contributed by atoms with van der Waals surface area (Å²) in [5.41, 5.74) is 0.908. The van der Waals surface area contributed by atoms with Gasteiger partial charge in [-0.1, -0.05) is 32.9 Å². The average molecular weight is 422 g/mol. The molecule has 0 aliphatic carbocycles. The van der Waals surface area contributed by atoms with E-state index < -0.39 is 11.9 Å². The smallest absolute Gasteiger partial charge is 0.257 e. The molecule has 1 aromatic carbocycles. The molecule has 0 saturated heterocycles. The Hall–Kier alpha value is -2.74. The summed E-state index contributed by atoms with van der Waals surface area (Å²) in [6.07, 6.45) is 2.57. The molecule has 1 rings (SSSR count). The number of rotatable bonds is 13. The monoisotopic (exact) mass is 421 g/mol. The minimum absolute atomic E-state index is 0.144. The molecule has 0 bridgehead atoms. The lowest BCUT2D eigenvalue weighted by molar-refractivity contribution is -0.125. The first-order chi connectivity index (χ1) is 14.5. The molecule has 1 aromatic rings. The summed E-state index contributed by atoms with van der Waals surface area (Å²) in [6, 6.07) is 4.11. The number of ether oxygens (including phenoxy) is 1. The van der Waals surface area contributed by atoms with Crippen LogP contribution in [0.5, 0.6) is 0 Å². The van der Waals surface area contributed by atoms with E-state index in [0.717, 1.165) is 6.42 Å². The van der Waals surface area contributed by atoms with Gasteiger partial charge in [0.15, 0.2) is 6.29 Å². The van der Waals surface area contributed by atoms with Crippen molar-refractivity contribution in [3.05, 3.63) is 29.3 Å². The second-order valence-electron chi connectivity index (χ2n) is 6.22. The fourth-order valence-electron chi connectivity index (χ4n) is 2.77. The van der Waals surface area contributed by atoms with Gasteiger partial charge in [0.25, 0.3) is 5.91 Å². The van der Waals surface area contributed by atoms with Gasteiger partial charge in [-0.25, -0.2) is 0 Å². The Morgan fingerprint density at radius 2 is 1.90 bits per heavy atom. The van der Waals surface area contributed by atoms with Gasteiger partial charge in [-0.05, 0) is 18.9 Å². The number of amides is 2. The molecule has 0 aliphatic heterocycles. The molecule has 0 heterocycles. The lowest BCUT2D eigenvalue weighted by Gasteiger charge is -2.28. The maximum absolute atomic E-state index is 13.1. The van der Waals surface area contributed by atoms with Crippen LogP contribution < -0.4 is 10.6 Å². The molecular formula is C22H35N3O5. The van der Waals surface area contributed by atoms with Gasteiger partial charge in [-0.3, -0.25) is 14.4 Å². The number of benzene rings is 1. The van der Waals surface area contributed by atoms with Crippen LogP contribution in [0.1, 0.15) is 60.7 Å². The van der Waals surface area contributed by atoms with Gasteiger partial charge < -0.3 is 25.1 Å². The molecule has 30 heavy (non-hydrogen) atoms. The molecule has 168 valence electrons. The standard InChI is InChI=1S/C20H29N3O5.C2H6/c1-4-12-28-13-10-22-16-8-5-7-15(14-25)18(16)20(27)23(3)17(9-6-11-24)19(26)21-2;1-2/h5,7-8,11,14,17,22H,4,6,9-10,12-13H2,1-3H3,(H,21,26);1-2H3. The SMILES string of the molecule is CC.CCCOCCNc1cccc(C=O)c1C(=O)N(C)C(CCC=O)C(=O)NC. The third kappa shape index (κ3) is 8.32. The molecule has 0 aliphatic rings. The van der Waals surface area contributed by atoms with E-state index in [1.165, 1.54) is 19.0 Å². The van der Waals surface area contributed by atoms with E-state index in [1.54, 1.807) is 18.2 Å². The number of likely N-dealkylation sites (N-methyl/N-ethyl adjacent to an activating group) is 2. The molecule has 1 atom stereocenters. The van der Waals surface area contributed by atoms with Crippen molar-refractivity contribution in [3.63, 3.8) is 0 Å². The molecule has 0 spiro atoms. The second-order valence-corrected chi connectivity index (χ2v) is 6.22. The molecular weight excluding hydrogens is 386 g/mol. The van der Waals surface area contributed by atoms with Crippen LogP contribution in [0.4, 0.5) is 5.69 Å². The van der Waals surface area contributed by atoms with Crippen molar-refractivity contribution in [3.8, 4) is 0 Å². The van der Waals surface area contributed by atoms with E-state index in [2.05, 4.69) is 10.6 Å². The minimum atomic E-state index is -0.817. The van der Waals surface area contributed by atoms with Crippen LogP contribution in [0.25, 0.3) is 0 Å². The zero-order valence-corrected chi connectivity index (χ0v) is 18.7. The van der Waals surface area contributed by atoms with E-state index in [1.807, 2.05) is 20.8 Å². The van der Waals surface area contributed by atoms with Crippen molar-refractivity contribution in [2.75, 3.05) is 39.2 Å². The van der Waals surface area contributed by atoms with Crippen LogP contribution in [0, 0.1) is 0 Å². The number of hydrogen-bond acceptors (Lipinski definition) is 6. The van der Waals surface area contributed by atoms with Gasteiger partial charge >= 0.3 is 0 Å². The Balaban J connectivity index is 0.00000407. The summed E-state index contributed by atoms with van der Waals surface area (Å²) in [7, 11) is 2.96. The first-order valence-corrected chi connectivity index (χ1v) is 10.3. The van der Waals surface area contributed by atoms with Crippen LogP contribution in [-0.4, -0.2) is 69.2 Å². The molecule has 0 fully saturated rings. The summed E-state index contributed by atoms with van der Waals surface area (Å²) in [5.74, 6) is -0.845. The highest BCUT2D eigenvalue weighted by Gasteiger charge is 2.29. The summed E-state index contributed by atoms with van der Waals surface area (Å²) in [6.45, 7) is 7.59. The maximum Gasteiger partial charge on any atom is 0.257 e. The highest BCUT2D eigenvalue weighted by atomic mass is 16.5. The summed E-state index contributed by atoms with van der Waals surface area (Å²) >= 11 is 0. The van der Waals surface area contributed by atoms with E-state index >= 15 is 0 Å². The number of anilines is 1. The second kappa shape index (κ2) is 16.1. The van der Waals surface area contributed by atoms with Gasteiger partial charge in [-0.15, -0.1) is 0 Å². The zero-order valence-electron chi connectivity index (χ0n) is 18.7. The Kier molecular flexibility index (Phi) is 14.6. The van der Waals surface area contributed by atoms with Crippen LogP contribution in [0.2, 0.25) is 0 Å². The van der Waals surface area contributed by atoms with Crippen molar-refractivity contribution in [2.45, 2.75) is 46.1 Å². The van der Waals surface area contributed by atoms with E-state index in [9.17, 15) is 19.2 Å². The quantitative estimate of drug-likeness (QED) is 0.375. The van der Waals surface area contributed by atoms with Crippen molar-refractivity contribution < 1.29 is 23.9 Å². The summed E-state index contributed by atoms with van der Waals surface area (Å²) in [5, 5.41) is 5.63. The molecule has 1 unspecified atom stereocenters. The van der Waals surface area contributed by atoms with Gasteiger partial charge in [0.05, 0.1) is 12.2 Å². The molecule has 0 radical (unpaired) electrons. The largest absolute Gasteiger partial charge is 0.382 e. The fraction of sp³-hybridized carbons (Fsp3) is 0.545. The van der Waals surface area contributed by atoms with Crippen LogP contribution in [0.3, 0.4) is 0 Å². The third-order valence-corrected chi connectivity index (χ3v) is 4.24. The van der Waals surface area contributed by atoms with E-state index in [4.69, 9.17) is 4.74 Å². The predicted octanol–water partition coefficient (Wildman–Crippen LogP) is 2.53.